The third-order valence-electron chi connectivity index (χ3n) is 16.1. The van der Waals surface area contributed by atoms with Gasteiger partial charge in [-0.2, -0.15) is 0 Å². The Morgan fingerprint density at radius 1 is 0.411 bits per heavy atom. The molecule has 0 aliphatic carbocycles. The van der Waals surface area contributed by atoms with Gasteiger partial charge in [0.15, 0.2) is 5.15 Å². The van der Waals surface area contributed by atoms with E-state index in [1.54, 1.807) is 0 Å². The second-order valence-electron chi connectivity index (χ2n) is 27.4. The molecule has 0 fully saturated rings. The van der Waals surface area contributed by atoms with Crippen molar-refractivity contribution in [1.82, 2.24) is 87.2 Å². The van der Waals surface area contributed by atoms with E-state index in [-0.39, 0.29) is 0 Å². The molecule has 0 saturated carbocycles. The molecule has 0 atom stereocenters. The van der Waals surface area contributed by atoms with E-state index >= 15 is 0 Å². The number of aromatic amines is 3. The van der Waals surface area contributed by atoms with Crippen LogP contribution in [0.5, 0.6) is 0 Å². The van der Waals surface area contributed by atoms with Gasteiger partial charge in [0.1, 0.15) is 62.2 Å². The van der Waals surface area contributed by atoms with Gasteiger partial charge in [-0.05, 0) is 159 Å². The molecule has 9 rings (SSSR count). The standard InChI is InChI=1S/3C9H16N2.C8H13BrN2.2C8H13ClN2.2C8H14N2.C7H12N2/c1-6(2)9-7(3)11(5)8(4)10-9;1-5-11-6-9(7(2)3)10-8(11)4;1-5-8-9(6(2)3)11-7(4)10-8;1-5(2)7-8(9)11(4)6(3)10-7;1-5(2)7-8(9)10-6(3)11(7)4;1-5(2)7-8(9)11(4)6(3)10-7;1-6(2)8-5-10(4)7(3)9-8;1-5(2)8-6(3)9-7(4)10-8;1-5(2)7-4-8-6(3)9-7/h6H,1-5H3;6-7H,5H2,1-4H3;6H,5H2,1-4H3,(H,10,11);3*5H,1-4H3;5-6H,1-4H3;5H,1-4H3,(H,9,10);4-5H,1-3H3,(H,8,9). The zero-order valence-corrected chi connectivity index (χ0v) is 68.8. The molecule has 9 aromatic heterocycles. The Hall–Kier alpha value is -6.05. The average molecular weight is 1420 g/mol. The van der Waals surface area contributed by atoms with E-state index in [9.17, 15) is 0 Å². The van der Waals surface area contributed by atoms with Gasteiger partial charge in [0.05, 0.1) is 45.6 Å². The maximum absolute atomic E-state index is 6.01. The molecule has 0 saturated heterocycles. The molecule has 0 aromatic carbocycles. The first-order chi connectivity index (χ1) is 43.9. The third kappa shape index (κ3) is 27.1. The minimum Gasteiger partial charge on any atom is -0.346 e. The van der Waals surface area contributed by atoms with Gasteiger partial charge in [-0.3, -0.25) is 0 Å². The minimum atomic E-state index is 0.405. The molecule has 0 bridgehead atoms. The topological polar surface area (TPSA) is 193 Å². The van der Waals surface area contributed by atoms with Crippen molar-refractivity contribution in [2.24, 2.45) is 35.2 Å². The summed E-state index contributed by atoms with van der Waals surface area (Å²) in [6.07, 6.45) is 7.16. The molecule has 0 aliphatic heterocycles. The van der Waals surface area contributed by atoms with Crippen LogP contribution in [0.2, 0.25) is 10.3 Å². The number of aryl methyl sites for hydroxylation is 13. The van der Waals surface area contributed by atoms with Crippen LogP contribution < -0.4 is 0 Å². The van der Waals surface area contributed by atoms with Gasteiger partial charge in [-0.15, -0.1) is 0 Å². The summed E-state index contributed by atoms with van der Waals surface area (Å²) in [5.41, 5.74) is 14.3. The lowest BCUT2D eigenvalue weighted by atomic mass is 10.1. The molecule has 0 aliphatic rings. The van der Waals surface area contributed by atoms with Crippen molar-refractivity contribution < 1.29 is 0 Å². The highest BCUT2D eigenvalue weighted by atomic mass is 79.9. The molecule has 0 radical (unpaired) electrons. The van der Waals surface area contributed by atoms with E-state index in [4.69, 9.17) is 23.2 Å². The van der Waals surface area contributed by atoms with Gasteiger partial charge in [0, 0.05) is 83.1 Å². The summed E-state index contributed by atoms with van der Waals surface area (Å²) in [7, 11) is 10.0. The molecule has 0 spiro atoms. The number of nitrogens with zero attached hydrogens (tertiary/aromatic N) is 15. The summed E-state index contributed by atoms with van der Waals surface area (Å²) < 4.78 is 13.4. The van der Waals surface area contributed by atoms with Crippen molar-refractivity contribution >= 4 is 39.1 Å². The lowest BCUT2D eigenvalue weighted by Crippen LogP contribution is -1.99. The Kier molecular flexibility index (Phi) is 37.2. The Morgan fingerprint density at radius 3 is 1.07 bits per heavy atom. The van der Waals surface area contributed by atoms with E-state index in [0.29, 0.717) is 58.4 Å². The Labute approximate surface area is 593 Å². The number of aromatic nitrogens is 18. The molecule has 9 aromatic rings. The van der Waals surface area contributed by atoms with E-state index in [1.165, 1.54) is 51.2 Å². The van der Waals surface area contributed by atoms with Gasteiger partial charge in [-0.1, -0.05) is 155 Å². The average Bonchev–Trinajstić information content (AvgIpc) is 1.76. The van der Waals surface area contributed by atoms with Crippen LogP contribution in [0.3, 0.4) is 0 Å². The van der Waals surface area contributed by atoms with E-state index < -0.39 is 0 Å². The second-order valence-corrected chi connectivity index (χ2v) is 28.8. The lowest BCUT2D eigenvalue weighted by Gasteiger charge is -2.06. The fourth-order valence-corrected chi connectivity index (χ4v) is 11.3. The fourth-order valence-electron chi connectivity index (χ4n) is 9.68. The fraction of sp³-hybridized carbons (Fsp3) is 0.635. The smallest absolute Gasteiger partial charge is 0.150 e. The summed E-state index contributed by atoms with van der Waals surface area (Å²) in [6, 6.07) is 0. The first-order valence-corrected chi connectivity index (χ1v) is 35.6. The quantitative estimate of drug-likeness (QED) is 0.113. The zero-order chi connectivity index (χ0) is 73.5. The Balaban J connectivity index is 0.000000535. The lowest BCUT2D eigenvalue weighted by molar-refractivity contribution is 0.724. The molecular formula is C74H127BrCl2N18. The molecule has 0 unspecified atom stereocenters. The van der Waals surface area contributed by atoms with Crippen LogP contribution in [0.4, 0.5) is 0 Å². The van der Waals surface area contributed by atoms with Crippen LogP contribution in [0.25, 0.3) is 0 Å². The van der Waals surface area contributed by atoms with E-state index in [2.05, 4.69) is 273 Å². The maximum Gasteiger partial charge on any atom is 0.150 e. The van der Waals surface area contributed by atoms with Crippen molar-refractivity contribution in [3.8, 4) is 0 Å². The van der Waals surface area contributed by atoms with Crippen LogP contribution >= 0.6 is 39.1 Å². The SMILES string of the molecule is CCc1[nH]c(C)nc1C(C)C.CCn1cc(C(C)C)nc1C.Cc1nc(C(C)C)c(Br)n1C.Cc1nc(C(C)C)c(C)[nH]1.Cc1nc(C(C)C)c(C)n1C.Cc1nc(C(C)C)c(Cl)n1C.Cc1nc(C(C)C)cn1C.Cc1nc(Cl)c(C(C)C)n1C.Cc1ncc(C(C)C)[nH]1. The predicted octanol–water partition coefficient (Wildman–Crippen LogP) is 20.4. The van der Waals surface area contributed by atoms with Gasteiger partial charge in [0.25, 0.3) is 0 Å². The van der Waals surface area contributed by atoms with Crippen LogP contribution in [-0.2, 0) is 48.2 Å². The second kappa shape index (κ2) is 40.6. The van der Waals surface area contributed by atoms with Crippen molar-refractivity contribution in [2.75, 3.05) is 0 Å². The molecule has 9 heterocycles. The largest absolute Gasteiger partial charge is 0.346 e. The highest BCUT2D eigenvalue weighted by Crippen LogP contribution is 2.27. The third-order valence-corrected chi connectivity index (χ3v) is 17.8. The van der Waals surface area contributed by atoms with Gasteiger partial charge in [0.2, 0.25) is 0 Å². The first kappa shape index (κ1) is 87.0. The number of nitrogens with one attached hydrogen (secondary N) is 3. The summed E-state index contributed by atoms with van der Waals surface area (Å²) in [5, 5.41) is 1.40. The number of hydrogen-bond donors (Lipinski definition) is 3. The molecule has 18 nitrogen and oxygen atoms in total. The normalized spacial score (nSPS) is 11.0. The molecule has 534 valence electrons. The van der Waals surface area contributed by atoms with Crippen molar-refractivity contribution in [3.05, 3.63) is 154 Å². The number of rotatable bonds is 11. The summed E-state index contributed by atoms with van der Waals surface area (Å²) in [5.74, 6) is 13.9. The first-order valence-electron chi connectivity index (χ1n) is 34.1. The molecule has 3 N–H and O–H groups in total. The van der Waals surface area contributed by atoms with E-state index in [0.717, 1.165) is 92.2 Å². The van der Waals surface area contributed by atoms with Crippen molar-refractivity contribution in [3.63, 3.8) is 0 Å². The van der Waals surface area contributed by atoms with Crippen LogP contribution in [0.15, 0.2) is 23.2 Å². The summed E-state index contributed by atoms with van der Waals surface area (Å²) in [6.45, 7) is 66.1. The van der Waals surface area contributed by atoms with Crippen LogP contribution in [0, 0.1) is 76.2 Å². The van der Waals surface area contributed by atoms with Crippen LogP contribution in [-0.4, -0.2) is 87.2 Å². The Morgan fingerprint density at radius 2 is 0.853 bits per heavy atom. The highest BCUT2D eigenvalue weighted by molar-refractivity contribution is 9.10. The minimum absolute atomic E-state index is 0.405. The Bertz CT molecular complexity index is 3510. The van der Waals surface area contributed by atoms with Crippen LogP contribution in [0.1, 0.15) is 312 Å². The molecular weight excluding hydrogens is 1290 g/mol. The number of hydrogen-bond acceptors (Lipinski definition) is 9. The molecule has 21 heteroatoms. The maximum atomic E-state index is 6.01. The molecule has 0 amide bonds. The zero-order valence-electron chi connectivity index (χ0n) is 65.7. The van der Waals surface area contributed by atoms with Crippen molar-refractivity contribution in [2.45, 2.75) is 281 Å². The van der Waals surface area contributed by atoms with E-state index in [1.807, 2.05) is 98.9 Å². The molecule has 95 heavy (non-hydrogen) atoms. The van der Waals surface area contributed by atoms with Gasteiger partial charge >= 0.3 is 0 Å². The number of halogens is 3. The number of H-pyrrole nitrogens is 3. The highest BCUT2D eigenvalue weighted by Gasteiger charge is 2.16. The summed E-state index contributed by atoms with van der Waals surface area (Å²) in [4.78, 5) is 48.7. The predicted molar refractivity (Wildman–Crippen MR) is 406 cm³/mol. The summed E-state index contributed by atoms with van der Waals surface area (Å²) >= 11 is 15.4. The monoisotopic (exact) mass is 1420 g/mol. The van der Waals surface area contributed by atoms with Gasteiger partial charge < -0.3 is 42.4 Å². The van der Waals surface area contributed by atoms with Gasteiger partial charge in [-0.25, -0.2) is 44.9 Å². The van der Waals surface area contributed by atoms with Crippen molar-refractivity contribution in [1.29, 1.82) is 0 Å². The number of imidazole rings is 9.